The molecule has 0 aromatic rings. The molecule has 29 heavy (non-hydrogen) atoms. The molecule has 11 heteroatoms. The van der Waals surface area contributed by atoms with Gasteiger partial charge in [-0.2, -0.15) is 11.8 Å². The molecule has 2 atom stereocenters. The molecule has 0 heterocycles. The van der Waals surface area contributed by atoms with Crippen LogP contribution in [0, 0.1) is 0 Å². The minimum Gasteiger partial charge on any atom is -0.462 e. The van der Waals surface area contributed by atoms with Crippen LogP contribution in [-0.2, 0) is 28.2 Å². The number of amides is 2. The molecule has 2 unspecified atom stereocenters. The molecule has 0 saturated carbocycles. The van der Waals surface area contributed by atoms with Gasteiger partial charge in [0.25, 0.3) is 6.47 Å². The highest BCUT2D eigenvalue weighted by molar-refractivity contribution is 7.98. The van der Waals surface area contributed by atoms with Gasteiger partial charge in [-0.1, -0.05) is 0 Å². The van der Waals surface area contributed by atoms with Gasteiger partial charge in [-0.25, -0.2) is 0 Å². The summed E-state index contributed by atoms with van der Waals surface area (Å²) in [4.78, 5) is 33.1. The van der Waals surface area contributed by atoms with Crippen LogP contribution >= 0.6 is 20.1 Å². The van der Waals surface area contributed by atoms with Crippen LogP contribution in [0.4, 0.5) is 0 Å². The molecular formula is C18H38N3O6PS. The number of nitrogens with two attached hydrogens (primary N) is 1. The van der Waals surface area contributed by atoms with Gasteiger partial charge in [0.1, 0.15) is 5.60 Å². The van der Waals surface area contributed by atoms with E-state index in [9.17, 15) is 14.4 Å². The Kier molecular flexibility index (Phi) is 18.7. The van der Waals surface area contributed by atoms with Crippen molar-refractivity contribution in [2.45, 2.75) is 65.4 Å². The van der Waals surface area contributed by atoms with E-state index in [-0.39, 0.29) is 29.7 Å². The van der Waals surface area contributed by atoms with Crippen molar-refractivity contribution in [2.24, 2.45) is 5.73 Å². The first-order valence-electron chi connectivity index (χ1n) is 9.50. The fraction of sp³-hybridized carbons (Fsp3) is 0.833. The molecule has 0 fully saturated rings. The molecular weight excluding hydrogens is 417 g/mol. The molecule has 0 spiro atoms. The molecule has 0 saturated heterocycles. The van der Waals surface area contributed by atoms with E-state index in [4.69, 9.17) is 14.8 Å². The summed E-state index contributed by atoms with van der Waals surface area (Å²) in [6, 6.07) is -0.582. The van der Waals surface area contributed by atoms with Gasteiger partial charge in [-0.15, -0.1) is 0 Å². The zero-order chi connectivity index (χ0) is 22.9. The summed E-state index contributed by atoms with van der Waals surface area (Å²) < 4.78 is 15.5. The Morgan fingerprint density at radius 1 is 1.21 bits per heavy atom. The van der Waals surface area contributed by atoms with Crippen LogP contribution in [0.1, 0.15) is 48.0 Å². The van der Waals surface area contributed by atoms with E-state index in [1.165, 1.54) is 0 Å². The summed E-state index contributed by atoms with van der Waals surface area (Å²) in [5.74, 6) is -0.0341. The maximum atomic E-state index is 11.8. The summed E-state index contributed by atoms with van der Waals surface area (Å²) in [6.45, 7) is 12.4. The van der Waals surface area contributed by atoms with Gasteiger partial charge in [0.15, 0.2) is 8.38 Å². The summed E-state index contributed by atoms with van der Waals surface area (Å²) >= 11 is 1.63. The number of carbonyl (C=O) groups excluding carboxylic acids is 3. The molecule has 0 bridgehead atoms. The Morgan fingerprint density at radius 3 is 2.14 bits per heavy atom. The van der Waals surface area contributed by atoms with Gasteiger partial charge >= 0.3 is 0 Å². The van der Waals surface area contributed by atoms with E-state index in [0.29, 0.717) is 26.1 Å². The largest absolute Gasteiger partial charge is 0.462 e. The number of hydrogen-bond donors (Lipinski definition) is 3. The second kappa shape index (κ2) is 17.9. The van der Waals surface area contributed by atoms with Gasteiger partial charge < -0.3 is 30.2 Å². The van der Waals surface area contributed by atoms with Crippen molar-refractivity contribution < 1.29 is 28.2 Å². The van der Waals surface area contributed by atoms with Gasteiger partial charge in [0, 0.05) is 0 Å². The quantitative estimate of drug-likeness (QED) is 0.284. The molecule has 4 N–H and O–H groups in total. The van der Waals surface area contributed by atoms with Crippen LogP contribution in [0.2, 0.25) is 0 Å². The zero-order valence-electron chi connectivity index (χ0n) is 18.6. The normalized spacial score (nSPS) is 13.0. The maximum absolute atomic E-state index is 11.8. The van der Waals surface area contributed by atoms with E-state index < -0.39 is 14.4 Å². The molecule has 172 valence electrons. The third-order valence-electron chi connectivity index (χ3n) is 2.99. The molecule has 0 rings (SSSR count). The van der Waals surface area contributed by atoms with Crippen molar-refractivity contribution in [3.05, 3.63) is 0 Å². The fourth-order valence-electron chi connectivity index (χ4n) is 1.67. The first kappa shape index (κ1) is 30.3. The standard InChI is InChI=1S/C13H28N3O4PS.C5H10O2/c1-5-19-21(20-6-2)10(3)16-12(17)9-15-13(18)11(14)7-8-22-4;1-5(2,3)7-4-6/h10-11H,5-9,14H2,1-4H3,(H,15,18)(H,16,17);4H,1-3H3. The van der Waals surface area contributed by atoms with Crippen LogP contribution in [0.3, 0.4) is 0 Å². The first-order valence-corrected chi connectivity index (χ1v) is 12.1. The van der Waals surface area contributed by atoms with Crippen LogP contribution in [0.5, 0.6) is 0 Å². The molecule has 0 aliphatic carbocycles. The lowest BCUT2D eigenvalue weighted by Gasteiger charge is -2.23. The third-order valence-corrected chi connectivity index (χ3v) is 5.42. The average molecular weight is 456 g/mol. The van der Waals surface area contributed by atoms with Crippen molar-refractivity contribution in [2.75, 3.05) is 31.8 Å². The number of hydrogen-bond acceptors (Lipinski definition) is 8. The minimum atomic E-state index is -1.17. The second-order valence-corrected chi connectivity index (χ2v) is 9.64. The van der Waals surface area contributed by atoms with Crippen molar-refractivity contribution in [3.63, 3.8) is 0 Å². The van der Waals surface area contributed by atoms with Gasteiger partial charge in [-0.05, 0) is 60.0 Å². The van der Waals surface area contributed by atoms with E-state index in [1.807, 2.05) is 47.8 Å². The van der Waals surface area contributed by atoms with E-state index in [2.05, 4.69) is 15.4 Å². The Labute approximate surface area is 180 Å². The fourth-order valence-corrected chi connectivity index (χ4v) is 3.44. The average Bonchev–Trinajstić information content (AvgIpc) is 2.63. The maximum Gasteiger partial charge on any atom is 0.293 e. The Morgan fingerprint density at radius 2 is 1.76 bits per heavy atom. The molecule has 0 aromatic carbocycles. The number of carbonyl (C=O) groups is 3. The van der Waals surface area contributed by atoms with Crippen molar-refractivity contribution in [1.82, 2.24) is 10.6 Å². The number of ether oxygens (including phenoxy) is 1. The van der Waals surface area contributed by atoms with Gasteiger partial charge in [0.05, 0.1) is 31.6 Å². The lowest BCUT2D eigenvalue weighted by Crippen LogP contribution is -2.46. The summed E-state index contributed by atoms with van der Waals surface area (Å²) in [7, 11) is -1.17. The third kappa shape index (κ3) is 18.8. The van der Waals surface area contributed by atoms with E-state index in [1.54, 1.807) is 11.8 Å². The molecule has 0 aromatic heterocycles. The number of nitrogens with one attached hydrogen (secondary N) is 2. The SMILES string of the molecule is CC(C)(C)OC=O.CCOP(OCC)C(C)NC(=O)CNC(=O)C(N)CCSC. The predicted octanol–water partition coefficient (Wildman–Crippen LogP) is 1.99. The van der Waals surface area contributed by atoms with E-state index in [0.717, 1.165) is 5.75 Å². The smallest absolute Gasteiger partial charge is 0.293 e. The van der Waals surface area contributed by atoms with Crippen LogP contribution in [0.25, 0.3) is 0 Å². The van der Waals surface area contributed by atoms with Crippen LogP contribution in [0.15, 0.2) is 0 Å². The summed E-state index contributed by atoms with van der Waals surface area (Å²) in [5.41, 5.74) is 5.41. The lowest BCUT2D eigenvalue weighted by atomic mass is 10.2. The van der Waals surface area contributed by atoms with Crippen molar-refractivity contribution >= 4 is 38.4 Å². The first-order chi connectivity index (χ1) is 13.5. The molecule has 0 aliphatic rings. The number of thioether (sulfide) groups is 1. The van der Waals surface area contributed by atoms with Gasteiger partial charge in [-0.3, -0.25) is 14.4 Å². The Balaban J connectivity index is 0. The predicted molar refractivity (Wildman–Crippen MR) is 119 cm³/mol. The highest BCUT2D eigenvalue weighted by Gasteiger charge is 2.21. The van der Waals surface area contributed by atoms with Gasteiger partial charge in [0.2, 0.25) is 11.8 Å². The molecule has 2 amide bonds. The molecule has 9 nitrogen and oxygen atoms in total. The molecule has 0 radical (unpaired) electrons. The van der Waals surface area contributed by atoms with Crippen LogP contribution < -0.4 is 16.4 Å². The minimum absolute atomic E-state index is 0.0996. The summed E-state index contributed by atoms with van der Waals surface area (Å²) in [6.07, 6.45) is 2.54. The van der Waals surface area contributed by atoms with Crippen LogP contribution in [-0.4, -0.2) is 67.5 Å². The highest BCUT2D eigenvalue weighted by atomic mass is 32.2. The number of rotatable bonds is 13. The monoisotopic (exact) mass is 455 g/mol. The Bertz CT molecular complexity index is 459. The van der Waals surface area contributed by atoms with Crippen molar-refractivity contribution in [1.29, 1.82) is 0 Å². The molecule has 0 aliphatic heterocycles. The van der Waals surface area contributed by atoms with Crippen molar-refractivity contribution in [3.8, 4) is 0 Å². The lowest BCUT2D eigenvalue weighted by molar-refractivity contribution is -0.138. The topological polar surface area (TPSA) is 129 Å². The second-order valence-electron chi connectivity index (χ2n) is 6.80. The Hall–Kier alpha value is -0.930. The highest BCUT2D eigenvalue weighted by Crippen LogP contribution is 2.41. The summed E-state index contributed by atoms with van der Waals surface area (Å²) in [5, 5.41) is 5.31. The van der Waals surface area contributed by atoms with E-state index >= 15 is 0 Å². The zero-order valence-corrected chi connectivity index (χ0v) is 20.4.